The molecular formula is C15H25NO3. The van der Waals surface area contributed by atoms with E-state index in [9.17, 15) is 4.79 Å². The van der Waals surface area contributed by atoms with Gasteiger partial charge in [-0.2, -0.15) is 0 Å². The van der Waals surface area contributed by atoms with Crippen molar-refractivity contribution in [1.29, 1.82) is 0 Å². The van der Waals surface area contributed by atoms with E-state index in [1.807, 2.05) is 0 Å². The van der Waals surface area contributed by atoms with Crippen LogP contribution in [0.15, 0.2) is 11.8 Å². The van der Waals surface area contributed by atoms with Crippen molar-refractivity contribution in [2.75, 3.05) is 27.3 Å². The van der Waals surface area contributed by atoms with Crippen molar-refractivity contribution in [1.82, 2.24) is 4.90 Å². The van der Waals surface area contributed by atoms with Crippen molar-refractivity contribution in [3.63, 3.8) is 0 Å². The standard InChI is InChI=1S/C15H25NO3/c1-16-9-8-12-6-7-13(11-14(12)16)19-15(17)5-3-4-10-18-2/h11-12,14H,3-10H2,1-2H3. The van der Waals surface area contributed by atoms with E-state index in [4.69, 9.17) is 9.47 Å². The lowest BCUT2D eigenvalue weighted by Gasteiger charge is -2.27. The molecule has 2 unspecified atom stereocenters. The number of fused-ring (bicyclic) bond motifs is 1. The number of allylic oxidation sites excluding steroid dienone is 1. The Kier molecular flexibility index (Phi) is 5.40. The highest BCUT2D eigenvalue weighted by Gasteiger charge is 2.33. The zero-order valence-electron chi connectivity index (χ0n) is 12.1. The first-order valence-corrected chi connectivity index (χ1v) is 7.31. The van der Waals surface area contributed by atoms with Gasteiger partial charge in [0.05, 0.1) is 0 Å². The van der Waals surface area contributed by atoms with E-state index in [2.05, 4.69) is 18.0 Å². The van der Waals surface area contributed by atoms with Crippen LogP contribution in [-0.4, -0.2) is 44.2 Å². The second-order valence-corrected chi connectivity index (χ2v) is 5.62. The Balaban J connectivity index is 1.76. The van der Waals surface area contributed by atoms with Gasteiger partial charge in [-0.1, -0.05) is 0 Å². The van der Waals surface area contributed by atoms with Gasteiger partial charge in [0.2, 0.25) is 0 Å². The number of hydrogen-bond donors (Lipinski definition) is 0. The molecule has 1 fully saturated rings. The number of carbonyl (C=O) groups excluding carboxylic acids is 1. The Bertz CT molecular complexity index is 340. The molecule has 1 heterocycles. The molecule has 2 aliphatic rings. The van der Waals surface area contributed by atoms with Crippen LogP contribution in [0.4, 0.5) is 0 Å². The van der Waals surface area contributed by atoms with Gasteiger partial charge in [-0.05, 0) is 51.3 Å². The predicted molar refractivity (Wildman–Crippen MR) is 73.7 cm³/mol. The van der Waals surface area contributed by atoms with Gasteiger partial charge >= 0.3 is 5.97 Å². The van der Waals surface area contributed by atoms with Gasteiger partial charge in [-0.15, -0.1) is 0 Å². The van der Waals surface area contributed by atoms with E-state index in [1.165, 1.54) is 6.42 Å². The van der Waals surface area contributed by atoms with Crippen molar-refractivity contribution in [2.45, 2.75) is 44.6 Å². The number of hydrogen-bond acceptors (Lipinski definition) is 4. The van der Waals surface area contributed by atoms with Gasteiger partial charge in [0, 0.05) is 32.6 Å². The first-order chi connectivity index (χ1) is 9.20. The van der Waals surface area contributed by atoms with Gasteiger partial charge in [-0.25, -0.2) is 0 Å². The molecular weight excluding hydrogens is 242 g/mol. The van der Waals surface area contributed by atoms with Gasteiger partial charge in [-0.3, -0.25) is 9.69 Å². The lowest BCUT2D eigenvalue weighted by atomic mass is 9.89. The summed E-state index contributed by atoms with van der Waals surface area (Å²) >= 11 is 0. The minimum atomic E-state index is -0.0959. The maximum atomic E-state index is 11.7. The number of unbranched alkanes of at least 4 members (excludes halogenated alkanes) is 1. The topological polar surface area (TPSA) is 38.8 Å². The summed E-state index contributed by atoms with van der Waals surface area (Å²) in [6.07, 6.45) is 7.75. The van der Waals surface area contributed by atoms with Crippen molar-refractivity contribution < 1.29 is 14.3 Å². The van der Waals surface area contributed by atoms with Crippen LogP contribution in [-0.2, 0) is 14.3 Å². The van der Waals surface area contributed by atoms with Gasteiger partial charge in [0.15, 0.2) is 0 Å². The maximum Gasteiger partial charge on any atom is 0.310 e. The molecule has 108 valence electrons. The van der Waals surface area contributed by atoms with Crippen LogP contribution in [0.1, 0.15) is 38.5 Å². The zero-order valence-corrected chi connectivity index (χ0v) is 12.1. The molecule has 0 bridgehead atoms. The SMILES string of the molecule is COCCCCC(=O)OC1=CC2C(CC1)CCN2C. The van der Waals surface area contributed by atoms with Gasteiger partial charge in [0.25, 0.3) is 0 Å². The third-order valence-corrected chi connectivity index (χ3v) is 4.19. The smallest absolute Gasteiger partial charge is 0.310 e. The lowest BCUT2D eigenvalue weighted by Crippen LogP contribution is -2.30. The number of nitrogens with zero attached hydrogens (tertiary/aromatic N) is 1. The van der Waals surface area contributed by atoms with Crippen LogP contribution in [0.3, 0.4) is 0 Å². The van der Waals surface area contributed by atoms with Crippen LogP contribution >= 0.6 is 0 Å². The van der Waals surface area contributed by atoms with E-state index >= 15 is 0 Å². The summed E-state index contributed by atoms with van der Waals surface area (Å²) < 4.78 is 10.4. The summed E-state index contributed by atoms with van der Waals surface area (Å²) in [5.74, 6) is 1.54. The Morgan fingerprint density at radius 1 is 1.42 bits per heavy atom. The average molecular weight is 267 g/mol. The molecule has 4 nitrogen and oxygen atoms in total. The molecule has 4 heteroatoms. The number of rotatable bonds is 6. The van der Waals surface area contributed by atoms with E-state index < -0.39 is 0 Å². The minimum absolute atomic E-state index is 0.0959. The maximum absolute atomic E-state index is 11.7. The molecule has 0 spiro atoms. The molecule has 0 radical (unpaired) electrons. The minimum Gasteiger partial charge on any atom is -0.431 e. The highest BCUT2D eigenvalue weighted by Crippen LogP contribution is 2.34. The molecule has 2 atom stereocenters. The van der Waals surface area contributed by atoms with Crippen LogP contribution in [0, 0.1) is 5.92 Å². The average Bonchev–Trinajstić information content (AvgIpc) is 2.76. The molecule has 0 N–H and O–H groups in total. The monoisotopic (exact) mass is 267 g/mol. The molecule has 1 aliphatic carbocycles. The van der Waals surface area contributed by atoms with E-state index in [0.29, 0.717) is 19.1 Å². The summed E-state index contributed by atoms with van der Waals surface area (Å²) in [6, 6.07) is 0.477. The Morgan fingerprint density at radius 3 is 3.05 bits per heavy atom. The summed E-state index contributed by atoms with van der Waals surface area (Å²) in [4.78, 5) is 14.1. The summed E-state index contributed by atoms with van der Waals surface area (Å²) in [5, 5.41) is 0. The van der Waals surface area contributed by atoms with Crippen molar-refractivity contribution in [2.24, 2.45) is 5.92 Å². The highest BCUT2D eigenvalue weighted by molar-refractivity contribution is 5.70. The summed E-state index contributed by atoms with van der Waals surface area (Å²) in [7, 11) is 3.83. The molecule has 19 heavy (non-hydrogen) atoms. The number of likely N-dealkylation sites (N-methyl/N-ethyl adjacent to an activating group) is 1. The Morgan fingerprint density at radius 2 is 2.26 bits per heavy atom. The third-order valence-electron chi connectivity index (χ3n) is 4.19. The number of methoxy groups -OCH3 is 1. The van der Waals surface area contributed by atoms with E-state index in [0.717, 1.165) is 43.9 Å². The number of ether oxygens (including phenoxy) is 2. The quantitative estimate of drug-likeness (QED) is 0.547. The van der Waals surface area contributed by atoms with Crippen LogP contribution in [0.25, 0.3) is 0 Å². The number of carbonyl (C=O) groups is 1. The second-order valence-electron chi connectivity index (χ2n) is 5.62. The van der Waals surface area contributed by atoms with Crippen LogP contribution in [0.2, 0.25) is 0 Å². The fraction of sp³-hybridized carbons (Fsp3) is 0.800. The molecule has 0 aromatic rings. The Hall–Kier alpha value is -0.870. The molecule has 2 rings (SSSR count). The fourth-order valence-electron chi connectivity index (χ4n) is 3.03. The van der Waals surface area contributed by atoms with Crippen molar-refractivity contribution in [3.05, 3.63) is 11.8 Å². The van der Waals surface area contributed by atoms with Crippen LogP contribution < -0.4 is 0 Å². The van der Waals surface area contributed by atoms with Gasteiger partial charge < -0.3 is 9.47 Å². The number of likely N-dealkylation sites (tertiary alicyclic amines) is 1. The Labute approximate surface area is 115 Å². The van der Waals surface area contributed by atoms with Gasteiger partial charge in [0.1, 0.15) is 5.76 Å². The first-order valence-electron chi connectivity index (χ1n) is 7.31. The summed E-state index contributed by atoms with van der Waals surface area (Å²) in [6.45, 7) is 1.87. The van der Waals surface area contributed by atoms with E-state index in [1.54, 1.807) is 7.11 Å². The molecule has 0 saturated carbocycles. The lowest BCUT2D eigenvalue weighted by molar-refractivity contribution is -0.140. The van der Waals surface area contributed by atoms with Crippen molar-refractivity contribution in [3.8, 4) is 0 Å². The largest absolute Gasteiger partial charge is 0.431 e. The molecule has 0 amide bonds. The predicted octanol–water partition coefficient (Wildman–Crippen LogP) is 2.34. The second kappa shape index (κ2) is 7.06. The molecule has 1 saturated heterocycles. The zero-order chi connectivity index (χ0) is 13.7. The van der Waals surface area contributed by atoms with Crippen LogP contribution in [0.5, 0.6) is 0 Å². The molecule has 0 aromatic carbocycles. The number of esters is 1. The van der Waals surface area contributed by atoms with Crippen molar-refractivity contribution >= 4 is 5.97 Å². The normalized spacial score (nSPS) is 26.9. The highest BCUT2D eigenvalue weighted by atomic mass is 16.5. The third kappa shape index (κ3) is 4.05. The summed E-state index contributed by atoms with van der Waals surface area (Å²) in [5.41, 5.74) is 0. The van der Waals surface area contributed by atoms with E-state index in [-0.39, 0.29) is 5.97 Å². The molecule has 1 aliphatic heterocycles. The fourth-order valence-corrected chi connectivity index (χ4v) is 3.03. The first kappa shape index (κ1) is 14.5. The molecule has 0 aromatic heterocycles.